The van der Waals surface area contributed by atoms with Gasteiger partial charge in [-0.1, -0.05) is 57.2 Å². The fourth-order valence-electron chi connectivity index (χ4n) is 3.94. The number of ether oxygens (including phenoxy) is 1. The Morgan fingerprint density at radius 3 is 2.24 bits per heavy atom. The van der Waals surface area contributed by atoms with Gasteiger partial charge in [0.15, 0.2) is 0 Å². The van der Waals surface area contributed by atoms with Crippen molar-refractivity contribution in [3.63, 3.8) is 0 Å². The fraction of sp³-hybridized carbons (Fsp3) is 0.286. The first kappa shape index (κ1) is 23.9. The maximum atomic E-state index is 12.7. The summed E-state index contributed by atoms with van der Waals surface area (Å²) in [5.74, 6) is 1.24. The van der Waals surface area contributed by atoms with Gasteiger partial charge in [-0.2, -0.15) is 0 Å². The van der Waals surface area contributed by atoms with Crippen molar-refractivity contribution in [2.24, 2.45) is 0 Å². The maximum Gasteiger partial charge on any atom is 0.238 e. The van der Waals surface area contributed by atoms with Crippen LogP contribution in [-0.2, 0) is 21.4 Å². The van der Waals surface area contributed by atoms with Crippen LogP contribution in [0.15, 0.2) is 72.8 Å². The van der Waals surface area contributed by atoms with E-state index in [1.54, 1.807) is 18.9 Å². The molecule has 1 aliphatic heterocycles. The first-order valence-corrected chi connectivity index (χ1v) is 12.4. The van der Waals surface area contributed by atoms with Crippen molar-refractivity contribution in [3.05, 3.63) is 89.5 Å². The number of hydrogen-bond donors (Lipinski definition) is 1. The van der Waals surface area contributed by atoms with E-state index in [2.05, 4.69) is 38.2 Å². The van der Waals surface area contributed by atoms with Crippen molar-refractivity contribution in [1.29, 1.82) is 0 Å². The van der Waals surface area contributed by atoms with Crippen LogP contribution in [0.2, 0.25) is 0 Å². The largest absolute Gasteiger partial charge is 0.497 e. The van der Waals surface area contributed by atoms with E-state index < -0.39 is 0 Å². The normalized spacial score (nSPS) is 15.9. The van der Waals surface area contributed by atoms with Crippen molar-refractivity contribution >= 4 is 35.0 Å². The summed E-state index contributed by atoms with van der Waals surface area (Å²) in [4.78, 5) is 27.0. The molecule has 1 fully saturated rings. The van der Waals surface area contributed by atoms with E-state index in [-0.39, 0.29) is 29.0 Å². The molecule has 0 bridgehead atoms. The predicted octanol–water partition coefficient (Wildman–Crippen LogP) is 5.95. The van der Waals surface area contributed by atoms with E-state index in [0.29, 0.717) is 5.75 Å². The second-order valence-corrected chi connectivity index (χ2v) is 10.5. The highest BCUT2D eigenvalue weighted by Crippen LogP contribution is 2.42. The number of rotatable bonds is 6. The van der Waals surface area contributed by atoms with E-state index in [4.69, 9.17) is 4.74 Å². The highest BCUT2D eigenvalue weighted by atomic mass is 32.2. The van der Waals surface area contributed by atoms with Gasteiger partial charge in [-0.3, -0.25) is 14.5 Å². The number of amides is 2. The zero-order valence-corrected chi connectivity index (χ0v) is 20.8. The number of hydrogen-bond acceptors (Lipinski definition) is 4. The van der Waals surface area contributed by atoms with Gasteiger partial charge in [0.2, 0.25) is 11.8 Å². The molecule has 1 atom stereocenters. The topological polar surface area (TPSA) is 58.6 Å². The molecule has 1 aliphatic rings. The van der Waals surface area contributed by atoms with Gasteiger partial charge >= 0.3 is 0 Å². The summed E-state index contributed by atoms with van der Waals surface area (Å²) in [6.07, 6.45) is 0.289. The average Bonchev–Trinajstić information content (AvgIpc) is 3.21. The lowest BCUT2D eigenvalue weighted by atomic mass is 9.87. The second kappa shape index (κ2) is 9.94. The molecule has 3 aromatic rings. The van der Waals surface area contributed by atoms with Gasteiger partial charge in [-0.05, 0) is 58.5 Å². The smallest absolute Gasteiger partial charge is 0.238 e. The molecular formula is C28H30N2O3S. The van der Waals surface area contributed by atoms with Crippen molar-refractivity contribution in [1.82, 2.24) is 0 Å². The molecule has 0 aromatic heterocycles. The summed E-state index contributed by atoms with van der Waals surface area (Å²) in [7, 11) is 1.62. The lowest BCUT2D eigenvalue weighted by molar-refractivity contribution is -0.116. The van der Waals surface area contributed by atoms with Crippen LogP contribution in [-0.4, -0.2) is 24.7 Å². The van der Waals surface area contributed by atoms with E-state index >= 15 is 0 Å². The van der Waals surface area contributed by atoms with Crippen LogP contribution < -0.4 is 15.0 Å². The number of carbonyl (C=O) groups excluding carboxylic acids is 2. The van der Waals surface area contributed by atoms with Crippen LogP contribution in [0.25, 0.3) is 0 Å². The molecule has 2 amide bonds. The number of carbonyl (C=O) groups is 2. The maximum absolute atomic E-state index is 12.7. The molecule has 1 heterocycles. The Bertz CT molecular complexity index is 1150. The van der Waals surface area contributed by atoms with Crippen LogP contribution in [0.5, 0.6) is 5.75 Å². The molecule has 1 N–H and O–H groups in total. The van der Waals surface area contributed by atoms with E-state index in [9.17, 15) is 9.59 Å². The molecule has 3 aromatic carbocycles. The number of nitrogens with one attached hydrogen (secondary N) is 1. The molecule has 0 radical (unpaired) electrons. The Labute approximate surface area is 205 Å². The fourth-order valence-corrected chi connectivity index (χ4v) is 5.11. The van der Waals surface area contributed by atoms with Gasteiger partial charge < -0.3 is 10.1 Å². The predicted molar refractivity (Wildman–Crippen MR) is 140 cm³/mol. The number of thioether (sulfide) groups is 1. The molecule has 4 rings (SSSR count). The zero-order valence-electron chi connectivity index (χ0n) is 20.0. The van der Waals surface area contributed by atoms with Crippen LogP contribution in [0, 0.1) is 0 Å². The molecular weight excluding hydrogens is 444 g/mol. The third-order valence-electron chi connectivity index (χ3n) is 5.88. The minimum atomic E-state index is -0.0861. The standard InChI is InChI=1S/C28H30N2O3S/c1-28(2,3)21-9-13-23(14-10-21)30-26(32)18-34-27(30)20-7-11-22(12-8-20)29-25(31)17-19-5-15-24(33-4)16-6-19/h5-16,27H,17-18H2,1-4H3,(H,29,31). The van der Waals surface area contributed by atoms with Gasteiger partial charge in [0.1, 0.15) is 11.1 Å². The third kappa shape index (κ3) is 5.45. The molecule has 34 heavy (non-hydrogen) atoms. The first-order chi connectivity index (χ1) is 16.2. The summed E-state index contributed by atoms with van der Waals surface area (Å²) < 4.78 is 5.16. The number of benzene rings is 3. The van der Waals surface area contributed by atoms with Crippen LogP contribution >= 0.6 is 11.8 Å². The zero-order chi connectivity index (χ0) is 24.3. The minimum Gasteiger partial charge on any atom is -0.497 e. The quantitative estimate of drug-likeness (QED) is 0.479. The Kier molecular flexibility index (Phi) is 6.98. The van der Waals surface area contributed by atoms with Crippen molar-refractivity contribution in [3.8, 4) is 5.75 Å². The summed E-state index contributed by atoms with van der Waals surface area (Å²) in [5, 5.41) is 2.87. The van der Waals surface area contributed by atoms with Gasteiger partial charge in [-0.25, -0.2) is 0 Å². The number of methoxy groups -OCH3 is 1. The molecule has 0 saturated carbocycles. The number of anilines is 2. The van der Waals surface area contributed by atoms with Gasteiger partial charge in [0.25, 0.3) is 0 Å². The monoisotopic (exact) mass is 474 g/mol. The Morgan fingerprint density at radius 2 is 1.65 bits per heavy atom. The lowest BCUT2D eigenvalue weighted by Gasteiger charge is -2.26. The first-order valence-electron chi connectivity index (χ1n) is 11.3. The molecule has 5 nitrogen and oxygen atoms in total. The SMILES string of the molecule is COc1ccc(CC(=O)Nc2ccc(C3SCC(=O)N3c3ccc(C(C)(C)C)cc3)cc2)cc1. The Morgan fingerprint density at radius 1 is 1.00 bits per heavy atom. The summed E-state index contributed by atoms with van der Waals surface area (Å²) in [5.41, 5.74) is 4.90. The minimum absolute atomic E-state index is 0.0648. The van der Waals surface area contributed by atoms with Gasteiger partial charge in [0, 0.05) is 11.4 Å². The second-order valence-electron chi connectivity index (χ2n) is 9.42. The van der Waals surface area contributed by atoms with E-state index in [1.807, 2.05) is 65.6 Å². The van der Waals surface area contributed by atoms with E-state index in [1.165, 1.54) is 5.56 Å². The summed E-state index contributed by atoms with van der Waals surface area (Å²) in [6.45, 7) is 6.54. The molecule has 1 saturated heterocycles. The van der Waals surface area contributed by atoms with Crippen molar-refractivity contribution < 1.29 is 14.3 Å². The Balaban J connectivity index is 1.43. The highest BCUT2D eigenvalue weighted by molar-refractivity contribution is 8.00. The molecule has 1 unspecified atom stereocenters. The molecule has 0 spiro atoms. The lowest BCUT2D eigenvalue weighted by Crippen LogP contribution is -2.28. The van der Waals surface area contributed by atoms with Crippen molar-refractivity contribution in [2.45, 2.75) is 38.0 Å². The van der Waals surface area contributed by atoms with Crippen molar-refractivity contribution in [2.75, 3.05) is 23.1 Å². The number of nitrogens with zero attached hydrogens (tertiary/aromatic N) is 1. The van der Waals surface area contributed by atoms with Gasteiger partial charge in [0.05, 0.1) is 19.3 Å². The van der Waals surface area contributed by atoms with E-state index in [0.717, 1.165) is 28.3 Å². The average molecular weight is 475 g/mol. The molecule has 0 aliphatic carbocycles. The molecule has 6 heteroatoms. The molecule has 176 valence electrons. The van der Waals surface area contributed by atoms with Crippen LogP contribution in [0.4, 0.5) is 11.4 Å². The third-order valence-corrected chi connectivity index (χ3v) is 7.10. The van der Waals surface area contributed by atoms with Crippen LogP contribution in [0.1, 0.15) is 42.8 Å². The van der Waals surface area contributed by atoms with Crippen LogP contribution in [0.3, 0.4) is 0 Å². The summed E-state index contributed by atoms with van der Waals surface area (Å²) in [6, 6.07) is 23.5. The van der Waals surface area contributed by atoms with Gasteiger partial charge in [-0.15, -0.1) is 11.8 Å². The highest BCUT2D eigenvalue weighted by Gasteiger charge is 2.34. The summed E-state index contributed by atoms with van der Waals surface area (Å²) >= 11 is 1.62. The Hall–Kier alpha value is -3.25.